The van der Waals surface area contributed by atoms with E-state index in [0.717, 1.165) is 11.4 Å². The van der Waals surface area contributed by atoms with Crippen LogP contribution in [-0.2, 0) is 9.59 Å². The largest absolute Gasteiger partial charge is 0.497 e. The molecule has 0 N–H and O–H groups in total. The van der Waals surface area contributed by atoms with Crippen molar-refractivity contribution < 1.29 is 14.3 Å². The number of carbonyl (C=O) groups is 2. The first-order valence-electron chi connectivity index (χ1n) is 11.3. The van der Waals surface area contributed by atoms with Crippen molar-refractivity contribution in [1.29, 1.82) is 0 Å². The van der Waals surface area contributed by atoms with Gasteiger partial charge in [-0.15, -0.1) is 0 Å². The van der Waals surface area contributed by atoms with Crippen molar-refractivity contribution in [3.05, 3.63) is 89.8 Å². The number of amides is 2. The van der Waals surface area contributed by atoms with Crippen LogP contribution in [0.3, 0.4) is 0 Å². The Morgan fingerprint density at radius 1 is 0.824 bits per heavy atom. The van der Waals surface area contributed by atoms with Gasteiger partial charge in [-0.3, -0.25) is 9.59 Å². The molecule has 5 rings (SSSR count). The van der Waals surface area contributed by atoms with Crippen molar-refractivity contribution in [2.24, 2.45) is 0 Å². The molecule has 0 spiro atoms. The molecule has 1 fully saturated rings. The van der Waals surface area contributed by atoms with Gasteiger partial charge >= 0.3 is 0 Å². The predicted octanol–water partition coefficient (Wildman–Crippen LogP) is 3.51. The lowest BCUT2D eigenvalue weighted by molar-refractivity contribution is -0.120. The van der Waals surface area contributed by atoms with Crippen molar-refractivity contribution in [2.75, 3.05) is 43.1 Å². The van der Waals surface area contributed by atoms with Gasteiger partial charge in [0.1, 0.15) is 17.3 Å². The SMILES string of the molecule is COc1ccc(C2=C(N3CCN(c4ccccn4)CC3)C(=O)N(c3cccc(C)c3)C2=O)cc1. The van der Waals surface area contributed by atoms with E-state index in [-0.39, 0.29) is 11.8 Å². The fourth-order valence-electron chi connectivity index (χ4n) is 4.53. The minimum Gasteiger partial charge on any atom is -0.497 e. The highest BCUT2D eigenvalue weighted by atomic mass is 16.5. The van der Waals surface area contributed by atoms with E-state index in [2.05, 4.69) is 9.88 Å². The van der Waals surface area contributed by atoms with E-state index in [1.165, 1.54) is 4.90 Å². The summed E-state index contributed by atoms with van der Waals surface area (Å²) in [5.74, 6) is 1.03. The topological polar surface area (TPSA) is 66.0 Å². The second kappa shape index (κ2) is 9.02. The normalized spacial score (nSPS) is 16.5. The minimum atomic E-state index is -0.303. The van der Waals surface area contributed by atoms with Crippen molar-refractivity contribution >= 4 is 28.9 Å². The molecule has 7 nitrogen and oxygen atoms in total. The van der Waals surface area contributed by atoms with Crippen LogP contribution in [0.1, 0.15) is 11.1 Å². The quantitative estimate of drug-likeness (QED) is 0.550. The zero-order valence-electron chi connectivity index (χ0n) is 19.3. The van der Waals surface area contributed by atoms with Gasteiger partial charge in [-0.05, 0) is 54.4 Å². The maximum Gasteiger partial charge on any atom is 0.282 e. The molecule has 0 radical (unpaired) electrons. The highest BCUT2D eigenvalue weighted by molar-refractivity contribution is 6.45. The van der Waals surface area contributed by atoms with E-state index < -0.39 is 0 Å². The third-order valence-electron chi connectivity index (χ3n) is 6.27. The lowest BCUT2D eigenvalue weighted by atomic mass is 10.0. The van der Waals surface area contributed by atoms with Gasteiger partial charge in [0, 0.05) is 32.4 Å². The van der Waals surface area contributed by atoms with Crippen molar-refractivity contribution in [2.45, 2.75) is 6.92 Å². The fraction of sp³-hybridized carbons (Fsp3) is 0.222. The highest BCUT2D eigenvalue weighted by Gasteiger charge is 2.43. The van der Waals surface area contributed by atoms with Gasteiger partial charge in [-0.2, -0.15) is 0 Å². The molecule has 3 aromatic rings. The van der Waals surface area contributed by atoms with E-state index >= 15 is 0 Å². The molecule has 1 aromatic heterocycles. The maximum absolute atomic E-state index is 13.7. The monoisotopic (exact) mass is 454 g/mol. The van der Waals surface area contributed by atoms with E-state index in [4.69, 9.17) is 4.74 Å². The van der Waals surface area contributed by atoms with Crippen LogP contribution in [0.2, 0.25) is 0 Å². The second-order valence-electron chi connectivity index (χ2n) is 8.40. The van der Waals surface area contributed by atoms with Gasteiger partial charge in [0.25, 0.3) is 11.8 Å². The summed E-state index contributed by atoms with van der Waals surface area (Å²) in [6, 6.07) is 20.6. The van der Waals surface area contributed by atoms with Crippen molar-refractivity contribution in [3.8, 4) is 5.75 Å². The number of hydrogen-bond acceptors (Lipinski definition) is 6. The number of nitrogens with zero attached hydrogens (tertiary/aromatic N) is 4. The van der Waals surface area contributed by atoms with Crippen molar-refractivity contribution in [1.82, 2.24) is 9.88 Å². The number of piperazine rings is 1. The van der Waals surface area contributed by atoms with Crippen molar-refractivity contribution in [3.63, 3.8) is 0 Å². The molecule has 2 aromatic carbocycles. The van der Waals surface area contributed by atoms with Gasteiger partial charge in [0.2, 0.25) is 0 Å². The Labute approximate surface area is 198 Å². The zero-order valence-corrected chi connectivity index (χ0v) is 19.3. The van der Waals surface area contributed by atoms with E-state index in [1.807, 2.05) is 72.5 Å². The second-order valence-corrected chi connectivity index (χ2v) is 8.40. The molecular formula is C27H26N4O3. The average Bonchev–Trinajstić information content (AvgIpc) is 3.14. The van der Waals surface area contributed by atoms with Crippen LogP contribution in [0.4, 0.5) is 11.5 Å². The fourth-order valence-corrected chi connectivity index (χ4v) is 4.53. The number of aryl methyl sites for hydroxylation is 1. The summed E-state index contributed by atoms with van der Waals surface area (Å²) >= 11 is 0. The van der Waals surface area contributed by atoms with Crippen LogP contribution in [0.5, 0.6) is 5.75 Å². The first-order valence-corrected chi connectivity index (χ1v) is 11.3. The summed E-state index contributed by atoms with van der Waals surface area (Å²) < 4.78 is 5.28. The number of aromatic nitrogens is 1. The van der Waals surface area contributed by atoms with Gasteiger partial charge in [-0.1, -0.05) is 30.3 Å². The number of benzene rings is 2. The lowest BCUT2D eigenvalue weighted by Gasteiger charge is -2.37. The summed E-state index contributed by atoms with van der Waals surface area (Å²) in [4.78, 5) is 37.4. The molecule has 3 heterocycles. The van der Waals surface area contributed by atoms with Gasteiger partial charge in [-0.25, -0.2) is 9.88 Å². The zero-order chi connectivity index (χ0) is 23.7. The summed E-state index contributed by atoms with van der Waals surface area (Å²) in [6.45, 7) is 4.60. The van der Waals surface area contributed by atoms with E-state index in [9.17, 15) is 9.59 Å². The summed E-state index contributed by atoms with van der Waals surface area (Å²) in [5.41, 5.74) is 3.17. The Balaban J connectivity index is 1.51. The van der Waals surface area contributed by atoms with Gasteiger partial charge in [0.05, 0.1) is 18.4 Å². The molecule has 2 amide bonds. The first kappa shape index (κ1) is 21.7. The Hall–Kier alpha value is -4.13. The van der Waals surface area contributed by atoms with Crippen LogP contribution in [0, 0.1) is 6.92 Å². The first-order chi connectivity index (χ1) is 16.6. The molecule has 0 aliphatic carbocycles. The Kier molecular flexibility index (Phi) is 5.76. The standard InChI is InChI=1S/C27H26N4O3/c1-19-6-5-7-21(18-19)31-26(32)24(20-9-11-22(34-2)12-10-20)25(27(31)33)30-16-14-29(15-17-30)23-8-3-4-13-28-23/h3-13,18H,14-17H2,1-2H3. The van der Waals surface area contributed by atoms with Crippen LogP contribution >= 0.6 is 0 Å². The number of imide groups is 1. The molecule has 0 unspecified atom stereocenters. The number of hydrogen-bond donors (Lipinski definition) is 0. The molecule has 7 heteroatoms. The predicted molar refractivity (Wildman–Crippen MR) is 132 cm³/mol. The van der Waals surface area contributed by atoms with Crippen LogP contribution in [-0.4, -0.2) is 55.0 Å². The van der Waals surface area contributed by atoms with Crippen LogP contribution < -0.4 is 14.5 Å². The molecule has 2 aliphatic rings. The number of rotatable bonds is 5. The molecular weight excluding hydrogens is 428 g/mol. The molecule has 1 saturated heterocycles. The average molecular weight is 455 g/mol. The molecule has 0 saturated carbocycles. The number of ether oxygens (including phenoxy) is 1. The molecule has 0 atom stereocenters. The highest BCUT2D eigenvalue weighted by Crippen LogP contribution is 2.36. The molecule has 34 heavy (non-hydrogen) atoms. The number of pyridine rings is 1. The summed E-state index contributed by atoms with van der Waals surface area (Å²) in [7, 11) is 1.60. The maximum atomic E-state index is 13.7. The van der Waals surface area contributed by atoms with Gasteiger partial charge in [0.15, 0.2) is 0 Å². The Morgan fingerprint density at radius 3 is 2.21 bits per heavy atom. The smallest absolute Gasteiger partial charge is 0.282 e. The Morgan fingerprint density at radius 2 is 1.56 bits per heavy atom. The lowest BCUT2D eigenvalue weighted by Crippen LogP contribution is -2.48. The third-order valence-corrected chi connectivity index (χ3v) is 6.27. The number of carbonyl (C=O) groups excluding carboxylic acids is 2. The van der Waals surface area contributed by atoms with E-state index in [1.54, 1.807) is 19.4 Å². The van der Waals surface area contributed by atoms with E-state index in [0.29, 0.717) is 54.4 Å². The summed E-state index contributed by atoms with van der Waals surface area (Å²) in [6.07, 6.45) is 1.78. The summed E-state index contributed by atoms with van der Waals surface area (Å²) in [5, 5.41) is 0. The number of methoxy groups -OCH3 is 1. The van der Waals surface area contributed by atoms with Crippen LogP contribution in [0.25, 0.3) is 5.57 Å². The van der Waals surface area contributed by atoms with Crippen LogP contribution in [0.15, 0.2) is 78.6 Å². The third kappa shape index (κ3) is 3.90. The Bertz CT molecular complexity index is 1250. The molecule has 172 valence electrons. The molecule has 2 aliphatic heterocycles. The number of anilines is 2. The van der Waals surface area contributed by atoms with Gasteiger partial charge < -0.3 is 14.5 Å². The minimum absolute atomic E-state index is 0.285. The molecule has 0 bridgehead atoms.